The molecule has 2 rings (SSSR count). The maximum absolute atomic E-state index is 12.2. The molecule has 0 aliphatic rings. The summed E-state index contributed by atoms with van der Waals surface area (Å²) in [5, 5.41) is 7.40. The highest BCUT2D eigenvalue weighted by Gasteiger charge is 2.10. The van der Waals surface area contributed by atoms with Gasteiger partial charge < -0.3 is 9.88 Å². The summed E-state index contributed by atoms with van der Waals surface area (Å²) in [6.45, 7) is 11.5. The standard InChI is InChI=1S/C14H20N4O/c1-11(9-15-14(2,3)4)10-17-7-8-18-12(13(17)19)5-6-16-18/h5-8,15H,1,9-10H2,2-4H3. The largest absolute Gasteiger partial charge is 0.308 e. The van der Waals surface area contributed by atoms with Crippen molar-refractivity contribution in [2.45, 2.75) is 32.9 Å². The highest BCUT2D eigenvalue weighted by atomic mass is 16.1. The first-order valence-corrected chi connectivity index (χ1v) is 6.31. The molecule has 0 saturated carbocycles. The minimum atomic E-state index is -0.0445. The highest BCUT2D eigenvalue weighted by molar-refractivity contribution is 5.42. The molecule has 0 fully saturated rings. The van der Waals surface area contributed by atoms with Crippen molar-refractivity contribution in [2.24, 2.45) is 0 Å². The third-order valence-corrected chi connectivity index (χ3v) is 2.80. The van der Waals surface area contributed by atoms with Gasteiger partial charge in [0.15, 0.2) is 0 Å². The number of hydrogen-bond acceptors (Lipinski definition) is 3. The Hall–Kier alpha value is -1.88. The van der Waals surface area contributed by atoms with Gasteiger partial charge in [-0.3, -0.25) is 4.79 Å². The van der Waals surface area contributed by atoms with Gasteiger partial charge in [-0.2, -0.15) is 5.10 Å². The fourth-order valence-corrected chi connectivity index (χ4v) is 1.77. The second-order valence-electron chi connectivity index (χ2n) is 5.75. The summed E-state index contributed by atoms with van der Waals surface area (Å²) in [6.07, 6.45) is 5.14. The summed E-state index contributed by atoms with van der Waals surface area (Å²) in [5.41, 5.74) is 1.56. The highest BCUT2D eigenvalue weighted by Crippen LogP contribution is 2.02. The molecule has 0 radical (unpaired) electrons. The zero-order valence-electron chi connectivity index (χ0n) is 11.7. The number of rotatable bonds is 4. The summed E-state index contributed by atoms with van der Waals surface area (Å²) >= 11 is 0. The lowest BCUT2D eigenvalue weighted by Gasteiger charge is -2.21. The van der Waals surface area contributed by atoms with Crippen LogP contribution in [0.2, 0.25) is 0 Å². The molecule has 5 heteroatoms. The minimum absolute atomic E-state index is 0.0445. The number of nitrogens with one attached hydrogen (secondary N) is 1. The fourth-order valence-electron chi connectivity index (χ4n) is 1.77. The Morgan fingerprint density at radius 2 is 2.16 bits per heavy atom. The van der Waals surface area contributed by atoms with Crippen LogP contribution in [0.3, 0.4) is 0 Å². The molecule has 0 aromatic carbocycles. The molecular weight excluding hydrogens is 240 g/mol. The molecule has 1 N–H and O–H groups in total. The summed E-state index contributed by atoms with van der Waals surface area (Å²) in [5.74, 6) is 0. The molecule has 102 valence electrons. The quantitative estimate of drug-likeness (QED) is 0.846. The van der Waals surface area contributed by atoms with Gasteiger partial charge in [0.1, 0.15) is 5.52 Å². The van der Waals surface area contributed by atoms with E-state index in [0.717, 1.165) is 5.57 Å². The van der Waals surface area contributed by atoms with Crippen molar-refractivity contribution < 1.29 is 0 Å². The second kappa shape index (κ2) is 5.01. The molecule has 2 heterocycles. The van der Waals surface area contributed by atoms with Crippen molar-refractivity contribution in [1.82, 2.24) is 19.5 Å². The Kier molecular flexibility index (Phi) is 3.57. The minimum Gasteiger partial charge on any atom is -0.308 e. The third kappa shape index (κ3) is 3.32. The second-order valence-corrected chi connectivity index (χ2v) is 5.75. The molecule has 0 bridgehead atoms. The monoisotopic (exact) mass is 260 g/mol. The Bertz CT molecular complexity index is 645. The van der Waals surface area contributed by atoms with E-state index in [1.165, 1.54) is 0 Å². The summed E-state index contributed by atoms with van der Waals surface area (Å²) in [6, 6.07) is 1.72. The van der Waals surface area contributed by atoms with E-state index in [-0.39, 0.29) is 11.1 Å². The van der Waals surface area contributed by atoms with Crippen LogP contribution in [0.1, 0.15) is 20.8 Å². The van der Waals surface area contributed by atoms with Crippen LogP contribution in [-0.2, 0) is 6.54 Å². The number of fused-ring (bicyclic) bond motifs is 1. The van der Waals surface area contributed by atoms with Crippen molar-refractivity contribution in [2.75, 3.05) is 6.54 Å². The van der Waals surface area contributed by atoms with Gasteiger partial charge in [-0.1, -0.05) is 6.58 Å². The molecule has 0 atom stereocenters. The SMILES string of the molecule is C=C(CNC(C)(C)C)Cn1ccn2nccc2c1=O. The molecule has 19 heavy (non-hydrogen) atoms. The van der Waals surface area contributed by atoms with Gasteiger partial charge in [-0.05, 0) is 32.4 Å². The molecular formula is C14H20N4O. The van der Waals surface area contributed by atoms with Gasteiger partial charge in [0.2, 0.25) is 0 Å². The Morgan fingerprint density at radius 1 is 1.42 bits per heavy atom. The van der Waals surface area contributed by atoms with Crippen LogP contribution in [0.5, 0.6) is 0 Å². The molecule has 5 nitrogen and oxygen atoms in total. The van der Waals surface area contributed by atoms with Gasteiger partial charge in [-0.15, -0.1) is 0 Å². The molecule has 2 aromatic heterocycles. The average Bonchev–Trinajstić information content (AvgIpc) is 2.78. The predicted molar refractivity (Wildman–Crippen MR) is 76.3 cm³/mol. The summed E-state index contributed by atoms with van der Waals surface area (Å²) in [4.78, 5) is 12.2. The normalized spacial score (nSPS) is 11.9. The van der Waals surface area contributed by atoms with Crippen LogP contribution in [0.4, 0.5) is 0 Å². The lowest BCUT2D eigenvalue weighted by molar-refractivity contribution is 0.440. The Morgan fingerprint density at radius 3 is 2.84 bits per heavy atom. The lowest BCUT2D eigenvalue weighted by atomic mass is 10.1. The molecule has 0 amide bonds. The van der Waals surface area contributed by atoms with Gasteiger partial charge in [0, 0.05) is 31.0 Å². The van der Waals surface area contributed by atoms with E-state index in [9.17, 15) is 4.79 Å². The van der Waals surface area contributed by atoms with E-state index in [1.54, 1.807) is 33.7 Å². The lowest BCUT2D eigenvalue weighted by Crippen LogP contribution is -2.37. The zero-order chi connectivity index (χ0) is 14.0. The van der Waals surface area contributed by atoms with Gasteiger partial charge in [0.25, 0.3) is 5.56 Å². The number of nitrogens with zero attached hydrogens (tertiary/aromatic N) is 3. The van der Waals surface area contributed by atoms with Crippen molar-refractivity contribution in [3.63, 3.8) is 0 Å². The zero-order valence-corrected chi connectivity index (χ0v) is 11.7. The van der Waals surface area contributed by atoms with Crippen molar-refractivity contribution in [3.05, 3.63) is 47.2 Å². The topological polar surface area (TPSA) is 51.3 Å². The van der Waals surface area contributed by atoms with Crippen molar-refractivity contribution in [3.8, 4) is 0 Å². The van der Waals surface area contributed by atoms with Crippen LogP contribution in [0.15, 0.2) is 41.6 Å². The fraction of sp³-hybridized carbons (Fsp3) is 0.429. The van der Waals surface area contributed by atoms with Crippen LogP contribution in [0, 0.1) is 0 Å². The van der Waals surface area contributed by atoms with Crippen molar-refractivity contribution >= 4 is 5.52 Å². The average molecular weight is 260 g/mol. The number of hydrogen-bond donors (Lipinski definition) is 1. The van der Waals surface area contributed by atoms with E-state index in [0.29, 0.717) is 18.6 Å². The van der Waals surface area contributed by atoms with Crippen LogP contribution >= 0.6 is 0 Å². The van der Waals surface area contributed by atoms with Crippen LogP contribution in [0.25, 0.3) is 5.52 Å². The van der Waals surface area contributed by atoms with E-state index >= 15 is 0 Å². The Labute approximate surface area is 112 Å². The van der Waals surface area contributed by atoms with Crippen molar-refractivity contribution in [1.29, 1.82) is 0 Å². The van der Waals surface area contributed by atoms with Gasteiger partial charge >= 0.3 is 0 Å². The van der Waals surface area contributed by atoms with E-state index in [1.807, 2.05) is 0 Å². The molecule has 0 aliphatic heterocycles. The third-order valence-electron chi connectivity index (χ3n) is 2.80. The maximum Gasteiger partial charge on any atom is 0.276 e. The first-order chi connectivity index (χ1) is 8.87. The summed E-state index contributed by atoms with van der Waals surface area (Å²) < 4.78 is 3.23. The smallest absolute Gasteiger partial charge is 0.276 e. The molecule has 0 saturated heterocycles. The maximum atomic E-state index is 12.2. The van der Waals surface area contributed by atoms with Gasteiger partial charge in [0.05, 0.1) is 6.20 Å². The Balaban J connectivity index is 2.11. The first-order valence-electron chi connectivity index (χ1n) is 6.31. The van der Waals surface area contributed by atoms with E-state index < -0.39 is 0 Å². The molecule has 0 unspecified atom stereocenters. The van der Waals surface area contributed by atoms with E-state index in [2.05, 4.69) is 37.8 Å². The molecule has 0 aliphatic carbocycles. The predicted octanol–water partition coefficient (Wildman–Crippen LogP) is 1.44. The first kappa shape index (κ1) is 13.5. The molecule has 2 aromatic rings. The van der Waals surface area contributed by atoms with Crippen LogP contribution < -0.4 is 10.9 Å². The van der Waals surface area contributed by atoms with Gasteiger partial charge in [-0.25, -0.2) is 4.52 Å². The van der Waals surface area contributed by atoms with E-state index in [4.69, 9.17) is 0 Å². The van der Waals surface area contributed by atoms with Crippen LogP contribution in [-0.4, -0.2) is 26.3 Å². The summed E-state index contributed by atoms with van der Waals surface area (Å²) in [7, 11) is 0. The number of aromatic nitrogens is 3. The molecule has 0 spiro atoms.